The Labute approximate surface area is 365 Å². The highest BCUT2D eigenvalue weighted by Crippen LogP contribution is 2.52. The first-order valence-electron chi connectivity index (χ1n) is 22.2. The first-order valence-corrected chi connectivity index (χ1v) is 22.2. The van der Waals surface area contributed by atoms with Gasteiger partial charge in [0.25, 0.3) is 0 Å². The van der Waals surface area contributed by atoms with Gasteiger partial charge in [0.1, 0.15) is 0 Å². The first kappa shape index (κ1) is 40.5. The van der Waals surface area contributed by atoms with E-state index in [0.29, 0.717) is 0 Å². The van der Waals surface area contributed by atoms with Gasteiger partial charge in [-0.25, -0.2) is 0 Å². The molecular formula is C60H61N. The van der Waals surface area contributed by atoms with E-state index in [0.717, 1.165) is 17.1 Å². The molecule has 8 aromatic rings. The molecule has 0 atom stereocenters. The molecule has 0 saturated heterocycles. The topological polar surface area (TPSA) is 3.24 Å². The number of anilines is 3. The molecule has 0 bridgehead atoms. The van der Waals surface area contributed by atoms with Gasteiger partial charge in [0, 0.05) is 17.1 Å². The van der Waals surface area contributed by atoms with E-state index in [1.807, 2.05) is 0 Å². The predicted molar refractivity (Wildman–Crippen MR) is 266 cm³/mol. The van der Waals surface area contributed by atoms with Gasteiger partial charge in [-0.05, 0) is 183 Å². The minimum atomic E-state index is 0.0874. The number of fused-ring (bicyclic) bond motifs is 6. The second kappa shape index (κ2) is 14.3. The summed E-state index contributed by atoms with van der Waals surface area (Å²) in [7, 11) is 0. The lowest BCUT2D eigenvalue weighted by Crippen LogP contribution is -2.14. The zero-order valence-electron chi connectivity index (χ0n) is 38.4. The lowest BCUT2D eigenvalue weighted by atomic mass is 9.77. The third kappa shape index (κ3) is 7.58. The Kier molecular flexibility index (Phi) is 9.52. The van der Waals surface area contributed by atoms with E-state index < -0.39 is 0 Å². The van der Waals surface area contributed by atoms with E-state index in [9.17, 15) is 0 Å². The van der Waals surface area contributed by atoms with Crippen LogP contribution >= 0.6 is 0 Å². The fourth-order valence-corrected chi connectivity index (χ4v) is 9.05. The van der Waals surface area contributed by atoms with Crippen molar-refractivity contribution >= 4 is 38.6 Å². The molecule has 0 fully saturated rings. The van der Waals surface area contributed by atoms with Gasteiger partial charge in [0.15, 0.2) is 0 Å². The lowest BCUT2D eigenvalue weighted by Gasteiger charge is -2.29. The average Bonchev–Trinajstić information content (AvgIpc) is 3.21. The Hall–Kier alpha value is -5.92. The summed E-state index contributed by atoms with van der Waals surface area (Å²) in [6, 6.07) is 58.3. The van der Waals surface area contributed by atoms with Crippen LogP contribution in [0.5, 0.6) is 0 Å². The van der Waals surface area contributed by atoms with Crippen LogP contribution in [0.3, 0.4) is 0 Å². The van der Waals surface area contributed by atoms with Crippen LogP contribution in [-0.4, -0.2) is 0 Å². The van der Waals surface area contributed by atoms with Crippen LogP contribution in [0.4, 0.5) is 17.1 Å². The Balaban J connectivity index is 1.14. The molecule has 0 amide bonds. The molecule has 0 heterocycles. The van der Waals surface area contributed by atoms with Gasteiger partial charge < -0.3 is 4.90 Å². The second-order valence-corrected chi connectivity index (χ2v) is 21.7. The van der Waals surface area contributed by atoms with Crippen LogP contribution < -0.4 is 4.90 Å². The molecule has 1 aliphatic carbocycles. The van der Waals surface area contributed by atoms with Gasteiger partial charge in [0.2, 0.25) is 0 Å². The number of benzene rings is 8. The third-order valence-electron chi connectivity index (χ3n) is 13.0. The van der Waals surface area contributed by atoms with E-state index in [1.165, 1.54) is 88.3 Å². The Bertz CT molecular complexity index is 2880. The molecule has 0 radical (unpaired) electrons. The maximum atomic E-state index is 2.43. The summed E-state index contributed by atoms with van der Waals surface area (Å²) in [5, 5.41) is 5.05. The van der Waals surface area contributed by atoms with Crippen LogP contribution in [-0.2, 0) is 21.7 Å². The third-order valence-corrected chi connectivity index (χ3v) is 13.0. The van der Waals surface area contributed by atoms with E-state index in [2.05, 4.69) is 240 Å². The molecule has 0 spiro atoms. The largest absolute Gasteiger partial charge is 0.310 e. The zero-order chi connectivity index (χ0) is 43.2. The predicted octanol–water partition coefficient (Wildman–Crippen LogP) is 17.6. The standard InChI is InChI=1S/C60H61N/c1-57(2,3)44-18-13-38(14-19-44)51-33-42-36-55-53-32-40-17-26-50(61(48-27-22-46(23-28-48)59(7,8)9)49-29-24-47(25-30-49)60(10,11)12)31-41(40)35-54(53)56(55)37-43(42)34-52(51)39-15-20-45(21-16-39)58(4,5)6/h13-37H,1-12H3. The summed E-state index contributed by atoms with van der Waals surface area (Å²) in [6.45, 7) is 27.4. The van der Waals surface area contributed by atoms with Crippen molar-refractivity contribution in [2.75, 3.05) is 4.90 Å². The van der Waals surface area contributed by atoms with Crippen LogP contribution in [0.15, 0.2) is 152 Å². The molecule has 8 aromatic carbocycles. The molecule has 0 aliphatic heterocycles. The molecule has 306 valence electrons. The number of nitrogens with zero attached hydrogens (tertiary/aromatic N) is 1. The molecule has 61 heavy (non-hydrogen) atoms. The lowest BCUT2D eigenvalue weighted by molar-refractivity contribution is 0.590. The van der Waals surface area contributed by atoms with Crippen LogP contribution in [0.2, 0.25) is 0 Å². The van der Waals surface area contributed by atoms with E-state index in [1.54, 1.807) is 0 Å². The van der Waals surface area contributed by atoms with Gasteiger partial charge in [0.05, 0.1) is 0 Å². The number of hydrogen-bond acceptors (Lipinski definition) is 1. The molecule has 9 rings (SSSR count). The highest BCUT2D eigenvalue weighted by Gasteiger charge is 2.26. The van der Waals surface area contributed by atoms with Crippen LogP contribution in [0.1, 0.15) is 105 Å². The molecule has 1 nitrogen and oxygen atoms in total. The van der Waals surface area contributed by atoms with Gasteiger partial charge in [-0.15, -0.1) is 0 Å². The summed E-state index contributed by atoms with van der Waals surface area (Å²) < 4.78 is 0. The van der Waals surface area contributed by atoms with E-state index in [-0.39, 0.29) is 21.7 Å². The van der Waals surface area contributed by atoms with Crippen LogP contribution in [0, 0.1) is 0 Å². The maximum Gasteiger partial charge on any atom is 0.0468 e. The summed E-state index contributed by atoms with van der Waals surface area (Å²) in [4.78, 5) is 2.41. The minimum absolute atomic E-state index is 0.0874. The van der Waals surface area contributed by atoms with Crippen molar-refractivity contribution in [3.63, 3.8) is 0 Å². The summed E-state index contributed by atoms with van der Waals surface area (Å²) in [5.74, 6) is 0. The average molecular weight is 796 g/mol. The summed E-state index contributed by atoms with van der Waals surface area (Å²) in [5.41, 5.74) is 19.6. The molecular weight excluding hydrogens is 735 g/mol. The van der Waals surface area contributed by atoms with Gasteiger partial charge in [-0.1, -0.05) is 162 Å². The van der Waals surface area contributed by atoms with Gasteiger partial charge in [-0.2, -0.15) is 0 Å². The number of hydrogen-bond donors (Lipinski definition) is 0. The smallest absolute Gasteiger partial charge is 0.0468 e. The molecule has 0 N–H and O–H groups in total. The Morgan fingerprint density at radius 2 is 0.508 bits per heavy atom. The first-order chi connectivity index (χ1) is 28.7. The van der Waals surface area contributed by atoms with Crippen molar-refractivity contribution in [1.29, 1.82) is 0 Å². The fraction of sp³-hybridized carbons (Fsp3) is 0.267. The Morgan fingerprint density at radius 3 is 0.836 bits per heavy atom. The highest BCUT2D eigenvalue weighted by molar-refractivity contribution is 6.13. The van der Waals surface area contributed by atoms with Crippen molar-refractivity contribution in [1.82, 2.24) is 0 Å². The molecule has 1 aliphatic rings. The van der Waals surface area contributed by atoms with Crippen molar-refractivity contribution in [3.05, 3.63) is 174 Å². The number of rotatable bonds is 5. The van der Waals surface area contributed by atoms with Crippen molar-refractivity contribution in [3.8, 4) is 44.5 Å². The molecule has 0 saturated carbocycles. The molecule has 0 aromatic heterocycles. The summed E-state index contributed by atoms with van der Waals surface area (Å²) >= 11 is 0. The Morgan fingerprint density at radius 1 is 0.246 bits per heavy atom. The maximum absolute atomic E-state index is 2.43. The van der Waals surface area contributed by atoms with Crippen LogP contribution in [0.25, 0.3) is 66.1 Å². The van der Waals surface area contributed by atoms with Crippen molar-refractivity contribution < 1.29 is 0 Å². The van der Waals surface area contributed by atoms with E-state index >= 15 is 0 Å². The fourth-order valence-electron chi connectivity index (χ4n) is 9.05. The highest BCUT2D eigenvalue weighted by atomic mass is 15.1. The monoisotopic (exact) mass is 795 g/mol. The van der Waals surface area contributed by atoms with Crippen molar-refractivity contribution in [2.24, 2.45) is 0 Å². The van der Waals surface area contributed by atoms with Gasteiger partial charge in [-0.3, -0.25) is 0 Å². The van der Waals surface area contributed by atoms with E-state index in [4.69, 9.17) is 0 Å². The minimum Gasteiger partial charge on any atom is -0.310 e. The quantitative estimate of drug-likeness (QED) is 0.168. The second-order valence-electron chi connectivity index (χ2n) is 21.7. The normalized spacial score (nSPS) is 12.9. The SMILES string of the molecule is CC(C)(C)c1ccc(-c2cc3cc4c(cc3cc2-c2ccc(C(C)(C)C)cc2)-c2cc3cc(N(c5ccc(C(C)(C)C)cc5)c5ccc(C(C)(C)C)cc5)ccc3cc2-4)cc1. The summed E-state index contributed by atoms with van der Waals surface area (Å²) in [6.07, 6.45) is 0. The van der Waals surface area contributed by atoms with Gasteiger partial charge >= 0.3 is 0 Å². The zero-order valence-corrected chi connectivity index (χ0v) is 38.4. The molecule has 1 heteroatoms. The molecule has 0 unspecified atom stereocenters. The van der Waals surface area contributed by atoms with Crippen molar-refractivity contribution in [2.45, 2.75) is 105 Å².